The summed E-state index contributed by atoms with van der Waals surface area (Å²) in [6.07, 6.45) is 2.65. The van der Waals surface area contributed by atoms with E-state index in [1.165, 1.54) is 30.4 Å². The Morgan fingerprint density at radius 2 is 1.46 bits per heavy atom. The van der Waals surface area contributed by atoms with Crippen molar-refractivity contribution in [1.82, 2.24) is 26.5 Å². The second-order valence-corrected chi connectivity index (χ2v) is 6.91. The number of hydrogen-bond acceptors (Lipinski definition) is 8. The van der Waals surface area contributed by atoms with Crippen LogP contribution in [0.1, 0.15) is 39.0 Å². The molecule has 0 aliphatic rings. The van der Waals surface area contributed by atoms with E-state index in [0.29, 0.717) is 0 Å². The highest BCUT2D eigenvalue weighted by Gasteiger charge is 2.13. The van der Waals surface area contributed by atoms with Crippen LogP contribution in [0.3, 0.4) is 0 Å². The zero-order valence-corrected chi connectivity index (χ0v) is 19.0. The average Bonchev–Trinajstić information content (AvgIpc) is 2.90. The van der Waals surface area contributed by atoms with Crippen LogP contribution in [0.15, 0.2) is 71.9 Å². The Bertz CT molecular complexity index is 1170. The molecule has 4 amide bonds. The summed E-state index contributed by atoms with van der Waals surface area (Å²) >= 11 is 0. The first kappa shape index (κ1) is 26.6. The number of nitrogens with zero attached hydrogens (tertiary/aromatic N) is 2. The summed E-state index contributed by atoms with van der Waals surface area (Å²) in [5.41, 5.74) is 5.56. The van der Waals surface area contributed by atoms with Gasteiger partial charge in [-0.1, -0.05) is 43.0 Å². The van der Waals surface area contributed by atoms with Crippen LogP contribution in [0, 0.1) is 0 Å². The van der Waals surface area contributed by atoms with Crippen molar-refractivity contribution in [3.63, 3.8) is 0 Å². The van der Waals surface area contributed by atoms with Gasteiger partial charge in [-0.25, -0.2) is 21.7 Å². The maximum atomic E-state index is 12.4. The molecule has 2 aromatic rings. The van der Waals surface area contributed by atoms with Crippen LogP contribution in [0.25, 0.3) is 0 Å². The van der Waals surface area contributed by atoms with Crippen LogP contribution in [0.5, 0.6) is 0 Å². The van der Waals surface area contributed by atoms with E-state index in [2.05, 4.69) is 27.2 Å². The molecule has 0 atom stereocenters. The Hall–Kier alpha value is -4.68. The van der Waals surface area contributed by atoms with E-state index in [4.69, 9.17) is 11.7 Å². The van der Waals surface area contributed by atoms with E-state index < -0.39 is 23.6 Å². The van der Waals surface area contributed by atoms with Gasteiger partial charge in [0.1, 0.15) is 22.8 Å². The molecule has 0 radical (unpaired) electrons. The van der Waals surface area contributed by atoms with Crippen molar-refractivity contribution in [1.29, 1.82) is 0 Å². The van der Waals surface area contributed by atoms with Crippen molar-refractivity contribution in [2.75, 3.05) is 0 Å². The molecule has 12 heteroatoms. The lowest BCUT2D eigenvalue weighted by atomic mass is 10.1. The Morgan fingerprint density at radius 1 is 0.886 bits per heavy atom. The molecular weight excluding hydrogens is 452 g/mol. The normalized spacial score (nSPS) is 11.3. The summed E-state index contributed by atoms with van der Waals surface area (Å²) in [7, 11) is 0. The second-order valence-electron chi connectivity index (χ2n) is 6.91. The number of benzene rings is 1. The van der Waals surface area contributed by atoms with E-state index in [9.17, 15) is 19.2 Å². The van der Waals surface area contributed by atoms with Gasteiger partial charge in [-0.15, -0.1) is 0 Å². The first-order chi connectivity index (χ1) is 16.8. The molecule has 35 heavy (non-hydrogen) atoms. The molecule has 12 nitrogen and oxygen atoms in total. The fraction of sp³-hybridized carbons (Fsp3) is 0.130. The highest BCUT2D eigenvalue weighted by atomic mass is 16.2. The lowest BCUT2D eigenvalue weighted by Gasteiger charge is -2.09. The monoisotopic (exact) mass is 478 g/mol. The number of allylic oxidation sites excluding steroid dienone is 1. The molecule has 0 aliphatic heterocycles. The minimum absolute atomic E-state index is 0.0293. The Morgan fingerprint density at radius 3 is 1.97 bits per heavy atom. The number of aliphatic imine (C=N–C) groups is 1. The number of hydrazine groups is 2. The van der Waals surface area contributed by atoms with Crippen LogP contribution in [0.2, 0.25) is 0 Å². The fourth-order valence-electron chi connectivity index (χ4n) is 2.72. The minimum Gasteiger partial charge on any atom is -0.347 e. The third kappa shape index (κ3) is 7.70. The SMILES string of the molecule is C=CC(=N/C(=C\C)C(=O)NCc1ccc(CNC(=O)c2cccc(C(=O)NN)n2)cc1)C(=O)NN. The van der Waals surface area contributed by atoms with Gasteiger partial charge in [0.15, 0.2) is 0 Å². The molecular formula is C23H26N8O4. The number of hydrogen-bond donors (Lipinski definition) is 6. The van der Waals surface area contributed by atoms with Gasteiger partial charge >= 0.3 is 0 Å². The number of nitrogens with one attached hydrogen (secondary N) is 4. The first-order valence-electron chi connectivity index (χ1n) is 10.3. The number of rotatable bonds is 10. The number of amides is 4. The quantitative estimate of drug-likeness (QED) is 0.0890. The van der Waals surface area contributed by atoms with Crippen molar-refractivity contribution in [3.05, 3.63) is 89.4 Å². The number of nitrogen functional groups attached to an aromatic ring is 1. The molecule has 1 aromatic carbocycles. The molecule has 0 saturated carbocycles. The van der Waals surface area contributed by atoms with Gasteiger partial charge in [0.2, 0.25) is 0 Å². The molecule has 0 fully saturated rings. The van der Waals surface area contributed by atoms with Gasteiger partial charge in [-0.05, 0) is 36.3 Å². The minimum atomic E-state index is -0.667. The zero-order chi connectivity index (χ0) is 25.8. The Labute approximate surface area is 201 Å². The van der Waals surface area contributed by atoms with E-state index in [-0.39, 0.29) is 35.9 Å². The lowest BCUT2D eigenvalue weighted by molar-refractivity contribution is -0.117. The number of pyridine rings is 1. The van der Waals surface area contributed by atoms with Crippen LogP contribution in [-0.2, 0) is 22.7 Å². The fourth-order valence-corrected chi connectivity index (χ4v) is 2.72. The maximum absolute atomic E-state index is 12.4. The number of carbonyl (C=O) groups is 4. The van der Waals surface area contributed by atoms with Crippen LogP contribution in [0.4, 0.5) is 0 Å². The summed E-state index contributed by atoms with van der Waals surface area (Å²) in [6.45, 7) is 5.53. The van der Waals surface area contributed by atoms with E-state index in [1.54, 1.807) is 31.2 Å². The first-order valence-corrected chi connectivity index (χ1v) is 10.3. The lowest BCUT2D eigenvalue weighted by Crippen LogP contribution is -2.36. The van der Waals surface area contributed by atoms with Crippen molar-refractivity contribution in [3.8, 4) is 0 Å². The van der Waals surface area contributed by atoms with E-state index >= 15 is 0 Å². The van der Waals surface area contributed by atoms with Crippen LogP contribution >= 0.6 is 0 Å². The summed E-state index contributed by atoms with van der Waals surface area (Å²) in [5.74, 6) is 7.97. The van der Waals surface area contributed by atoms with E-state index in [0.717, 1.165) is 11.1 Å². The standard InChI is InChI=1S/C23H26N8O4/c1-3-16(28-17(4-2)22(34)30-24)20(32)26-12-14-8-10-15(11-9-14)13-27-21(33)18-6-5-7-19(29-18)23(35)31-25/h3-11H,2,12-13,24-25H2,1H3,(H,26,32)(H,27,33)(H,30,34)(H,31,35)/b16-3-,28-17?. The topological polar surface area (TPSA) is 194 Å². The molecule has 0 aliphatic carbocycles. The zero-order valence-electron chi connectivity index (χ0n) is 19.0. The third-order valence-electron chi connectivity index (χ3n) is 4.58. The van der Waals surface area contributed by atoms with Gasteiger partial charge in [-0.2, -0.15) is 0 Å². The molecule has 0 spiro atoms. The molecule has 8 N–H and O–H groups in total. The second kappa shape index (κ2) is 13.1. The van der Waals surface area contributed by atoms with Crippen molar-refractivity contribution >= 4 is 29.3 Å². The van der Waals surface area contributed by atoms with Gasteiger partial charge in [0.05, 0.1) is 0 Å². The van der Waals surface area contributed by atoms with Gasteiger partial charge < -0.3 is 10.6 Å². The predicted octanol–water partition coefficient (Wildman–Crippen LogP) is -0.248. The molecule has 182 valence electrons. The molecule has 0 saturated heterocycles. The largest absolute Gasteiger partial charge is 0.347 e. The maximum Gasteiger partial charge on any atom is 0.283 e. The molecule has 1 heterocycles. The summed E-state index contributed by atoms with van der Waals surface area (Å²) < 4.78 is 0. The van der Waals surface area contributed by atoms with Crippen molar-refractivity contribution in [2.24, 2.45) is 16.7 Å². The Kier molecular flexibility index (Phi) is 9.97. The van der Waals surface area contributed by atoms with Crippen LogP contribution in [-0.4, -0.2) is 34.3 Å². The van der Waals surface area contributed by atoms with Gasteiger partial charge in [-0.3, -0.25) is 30.0 Å². The number of nitrogens with two attached hydrogens (primary N) is 2. The van der Waals surface area contributed by atoms with Crippen LogP contribution < -0.4 is 33.2 Å². The highest BCUT2D eigenvalue weighted by Crippen LogP contribution is 2.07. The van der Waals surface area contributed by atoms with Crippen molar-refractivity contribution < 1.29 is 19.2 Å². The average molecular weight is 479 g/mol. The molecule has 1 aromatic heterocycles. The van der Waals surface area contributed by atoms with Crippen molar-refractivity contribution in [2.45, 2.75) is 20.0 Å². The number of aromatic nitrogens is 1. The summed E-state index contributed by atoms with van der Waals surface area (Å²) in [6, 6.07) is 11.6. The van der Waals surface area contributed by atoms with Gasteiger partial charge in [0, 0.05) is 13.1 Å². The summed E-state index contributed by atoms with van der Waals surface area (Å²) in [5, 5.41) is 5.44. The smallest absolute Gasteiger partial charge is 0.283 e. The number of carbonyl (C=O) groups excluding carboxylic acids is 4. The van der Waals surface area contributed by atoms with Gasteiger partial charge in [0.25, 0.3) is 23.6 Å². The molecule has 0 unspecified atom stereocenters. The third-order valence-corrected chi connectivity index (χ3v) is 4.58. The summed E-state index contributed by atoms with van der Waals surface area (Å²) in [4.78, 5) is 55.9. The molecule has 0 bridgehead atoms. The Balaban J connectivity index is 1.93. The highest BCUT2D eigenvalue weighted by molar-refractivity contribution is 6.43. The van der Waals surface area contributed by atoms with E-state index in [1.807, 2.05) is 10.9 Å². The predicted molar refractivity (Wildman–Crippen MR) is 129 cm³/mol. The molecule has 2 rings (SSSR count).